The standard InChI is InChI=1S/C22H27N7O2/c1-14-6-7-18(31-5)15(2)21(14)25-22-16-13-23-20(24-19-8-9-28(3)26-19)12-17(16)29(27-22)10-11-30-4/h6-9,12-13H,10-11H2,1-5H3,(H,25,27)(H,23,24,26). The molecule has 0 atom stereocenters. The van der Waals surface area contributed by atoms with Crippen LogP contribution in [-0.2, 0) is 18.3 Å². The number of hydrogen-bond donors (Lipinski definition) is 2. The molecule has 1 aromatic carbocycles. The predicted molar refractivity (Wildman–Crippen MR) is 122 cm³/mol. The van der Waals surface area contributed by atoms with Gasteiger partial charge in [0.1, 0.15) is 11.6 Å². The van der Waals surface area contributed by atoms with E-state index in [2.05, 4.69) is 27.6 Å². The van der Waals surface area contributed by atoms with Gasteiger partial charge in [0.05, 0.1) is 31.2 Å². The number of hydrogen-bond acceptors (Lipinski definition) is 7. The van der Waals surface area contributed by atoms with Crippen molar-refractivity contribution in [1.29, 1.82) is 0 Å². The van der Waals surface area contributed by atoms with Crippen molar-refractivity contribution in [2.24, 2.45) is 7.05 Å². The first kappa shape index (κ1) is 20.7. The molecule has 0 aliphatic rings. The van der Waals surface area contributed by atoms with E-state index in [0.29, 0.717) is 19.0 Å². The highest BCUT2D eigenvalue weighted by Crippen LogP contribution is 2.34. The van der Waals surface area contributed by atoms with Crippen molar-refractivity contribution in [3.8, 4) is 5.75 Å². The van der Waals surface area contributed by atoms with Gasteiger partial charge in [-0.05, 0) is 25.5 Å². The van der Waals surface area contributed by atoms with Gasteiger partial charge in [-0.2, -0.15) is 10.2 Å². The number of rotatable bonds is 8. The Morgan fingerprint density at radius 1 is 1.03 bits per heavy atom. The Hall–Kier alpha value is -3.59. The van der Waals surface area contributed by atoms with Crippen molar-refractivity contribution >= 4 is 34.0 Å². The quantitative estimate of drug-likeness (QED) is 0.445. The minimum absolute atomic E-state index is 0.554. The van der Waals surface area contributed by atoms with Crippen LogP contribution in [0.4, 0.5) is 23.1 Å². The molecule has 0 fully saturated rings. The molecule has 31 heavy (non-hydrogen) atoms. The van der Waals surface area contributed by atoms with Crippen molar-refractivity contribution in [2.75, 3.05) is 31.5 Å². The van der Waals surface area contributed by atoms with Gasteiger partial charge in [-0.1, -0.05) is 6.07 Å². The van der Waals surface area contributed by atoms with Crippen LogP contribution in [-0.4, -0.2) is 45.4 Å². The highest BCUT2D eigenvalue weighted by Gasteiger charge is 2.16. The number of aromatic nitrogens is 5. The molecule has 0 unspecified atom stereocenters. The Labute approximate surface area is 181 Å². The van der Waals surface area contributed by atoms with E-state index in [1.807, 2.05) is 55.3 Å². The first-order chi connectivity index (χ1) is 15.0. The van der Waals surface area contributed by atoms with Crippen LogP contribution in [0.1, 0.15) is 11.1 Å². The molecule has 9 nitrogen and oxygen atoms in total. The molecule has 3 aromatic heterocycles. The fourth-order valence-electron chi connectivity index (χ4n) is 3.55. The van der Waals surface area contributed by atoms with Gasteiger partial charge in [0.15, 0.2) is 11.6 Å². The summed E-state index contributed by atoms with van der Waals surface area (Å²) in [5.41, 5.74) is 4.07. The summed E-state index contributed by atoms with van der Waals surface area (Å²) < 4.78 is 14.4. The Morgan fingerprint density at radius 2 is 1.87 bits per heavy atom. The SMILES string of the molecule is COCCn1nc(Nc2c(C)ccc(OC)c2C)c2cnc(Nc3ccn(C)n3)cc21. The maximum atomic E-state index is 5.49. The topological polar surface area (TPSA) is 91.0 Å². The normalized spacial score (nSPS) is 11.1. The number of aryl methyl sites for hydroxylation is 2. The minimum Gasteiger partial charge on any atom is -0.496 e. The molecule has 0 saturated carbocycles. The number of pyridine rings is 1. The molecular formula is C22H27N7O2. The molecule has 0 radical (unpaired) electrons. The van der Waals surface area contributed by atoms with Crippen LogP contribution in [0.3, 0.4) is 0 Å². The largest absolute Gasteiger partial charge is 0.496 e. The third kappa shape index (κ3) is 4.17. The van der Waals surface area contributed by atoms with E-state index in [1.165, 1.54) is 0 Å². The lowest BCUT2D eigenvalue weighted by Crippen LogP contribution is -2.06. The zero-order chi connectivity index (χ0) is 22.0. The second-order valence-corrected chi connectivity index (χ2v) is 7.36. The van der Waals surface area contributed by atoms with E-state index in [1.54, 1.807) is 18.9 Å². The van der Waals surface area contributed by atoms with Crippen LogP contribution >= 0.6 is 0 Å². The second-order valence-electron chi connectivity index (χ2n) is 7.36. The van der Waals surface area contributed by atoms with Gasteiger partial charge in [0, 0.05) is 49.9 Å². The Kier molecular flexibility index (Phi) is 5.77. The van der Waals surface area contributed by atoms with E-state index in [4.69, 9.17) is 14.6 Å². The predicted octanol–water partition coefficient (Wildman–Crippen LogP) is 3.92. The Bertz CT molecular complexity index is 1210. The summed E-state index contributed by atoms with van der Waals surface area (Å²) in [7, 11) is 5.24. The lowest BCUT2D eigenvalue weighted by atomic mass is 10.1. The van der Waals surface area contributed by atoms with E-state index >= 15 is 0 Å². The average Bonchev–Trinajstić information content (AvgIpc) is 3.32. The zero-order valence-electron chi connectivity index (χ0n) is 18.4. The van der Waals surface area contributed by atoms with Gasteiger partial charge in [0.25, 0.3) is 0 Å². The van der Waals surface area contributed by atoms with Crippen molar-refractivity contribution in [3.63, 3.8) is 0 Å². The number of benzene rings is 1. The van der Waals surface area contributed by atoms with Crippen molar-refractivity contribution < 1.29 is 9.47 Å². The molecule has 0 aliphatic heterocycles. The maximum absolute atomic E-state index is 5.49. The van der Waals surface area contributed by atoms with Gasteiger partial charge in [-0.3, -0.25) is 9.36 Å². The summed E-state index contributed by atoms with van der Waals surface area (Å²) in [5, 5.41) is 16.8. The number of fused-ring (bicyclic) bond motifs is 1. The van der Waals surface area contributed by atoms with Gasteiger partial charge >= 0.3 is 0 Å². The van der Waals surface area contributed by atoms with Gasteiger partial charge in [-0.25, -0.2) is 4.98 Å². The zero-order valence-corrected chi connectivity index (χ0v) is 18.4. The van der Waals surface area contributed by atoms with Gasteiger partial charge in [0.2, 0.25) is 0 Å². The molecular weight excluding hydrogens is 394 g/mol. The van der Waals surface area contributed by atoms with Crippen molar-refractivity contribution in [3.05, 3.63) is 47.8 Å². The van der Waals surface area contributed by atoms with Crippen molar-refractivity contribution in [1.82, 2.24) is 24.5 Å². The van der Waals surface area contributed by atoms with Crippen LogP contribution in [0.25, 0.3) is 10.9 Å². The maximum Gasteiger partial charge on any atom is 0.161 e. The summed E-state index contributed by atoms with van der Waals surface area (Å²) in [5.74, 6) is 3.00. The lowest BCUT2D eigenvalue weighted by molar-refractivity contribution is 0.185. The van der Waals surface area contributed by atoms with Crippen LogP contribution in [0.2, 0.25) is 0 Å². The molecule has 0 amide bonds. The van der Waals surface area contributed by atoms with E-state index in [0.717, 1.165) is 45.1 Å². The van der Waals surface area contributed by atoms with Crippen LogP contribution in [0, 0.1) is 13.8 Å². The van der Waals surface area contributed by atoms with E-state index in [-0.39, 0.29) is 0 Å². The average molecular weight is 422 g/mol. The molecule has 3 heterocycles. The van der Waals surface area contributed by atoms with Crippen molar-refractivity contribution in [2.45, 2.75) is 20.4 Å². The third-order valence-corrected chi connectivity index (χ3v) is 5.20. The van der Waals surface area contributed by atoms with E-state index < -0.39 is 0 Å². The van der Waals surface area contributed by atoms with Crippen LogP contribution in [0.15, 0.2) is 36.7 Å². The highest BCUT2D eigenvalue weighted by atomic mass is 16.5. The monoisotopic (exact) mass is 421 g/mol. The summed E-state index contributed by atoms with van der Waals surface area (Å²) in [6.07, 6.45) is 3.70. The number of nitrogens with one attached hydrogen (secondary N) is 2. The summed E-state index contributed by atoms with van der Waals surface area (Å²) in [6, 6.07) is 7.88. The number of ether oxygens (including phenoxy) is 2. The highest BCUT2D eigenvalue weighted by molar-refractivity contribution is 5.93. The van der Waals surface area contributed by atoms with Gasteiger partial charge < -0.3 is 20.1 Å². The second kappa shape index (κ2) is 8.65. The van der Waals surface area contributed by atoms with Crippen LogP contribution in [0.5, 0.6) is 5.75 Å². The minimum atomic E-state index is 0.554. The molecule has 2 N–H and O–H groups in total. The van der Waals surface area contributed by atoms with Crippen LogP contribution < -0.4 is 15.4 Å². The molecule has 162 valence electrons. The Balaban J connectivity index is 1.74. The fourth-order valence-corrected chi connectivity index (χ4v) is 3.55. The first-order valence-electron chi connectivity index (χ1n) is 10.0. The van der Waals surface area contributed by atoms with Gasteiger partial charge in [-0.15, -0.1) is 0 Å². The molecule has 0 aliphatic carbocycles. The Morgan fingerprint density at radius 3 is 2.58 bits per heavy atom. The molecule has 0 spiro atoms. The number of nitrogens with zero attached hydrogens (tertiary/aromatic N) is 5. The molecule has 9 heteroatoms. The summed E-state index contributed by atoms with van der Waals surface area (Å²) >= 11 is 0. The lowest BCUT2D eigenvalue weighted by Gasteiger charge is -2.14. The molecule has 4 aromatic rings. The molecule has 4 rings (SSSR count). The third-order valence-electron chi connectivity index (χ3n) is 5.20. The molecule has 0 saturated heterocycles. The molecule has 0 bridgehead atoms. The fraction of sp³-hybridized carbons (Fsp3) is 0.318. The summed E-state index contributed by atoms with van der Waals surface area (Å²) in [6.45, 7) is 5.27. The first-order valence-corrected chi connectivity index (χ1v) is 10.0. The summed E-state index contributed by atoms with van der Waals surface area (Å²) in [4.78, 5) is 4.58. The smallest absolute Gasteiger partial charge is 0.161 e. The number of anilines is 4. The number of methoxy groups -OCH3 is 2. The van der Waals surface area contributed by atoms with E-state index in [9.17, 15) is 0 Å².